The SMILES string of the molecule is C[C@H](c1nc2cc([N+](=O)[O-])ccc2[nH]1)C1CCC(c2ccnc3ccc(F)cc23)CC1. The van der Waals surface area contributed by atoms with Crippen LogP contribution in [0.4, 0.5) is 10.1 Å². The molecule has 4 aromatic rings. The topological polar surface area (TPSA) is 84.7 Å². The van der Waals surface area contributed by atoms with Gasteiger partial charge < -0.3 is 4.98 Å². The first-order valence-electron chi connectivity index (χ1n) is 10.7. The molecule has 158 valence electrons. The molecule has 0 saturated heterocycles. The summed E-state index contributed by atoms with van der Waals surface area (Å²) in [6.07, 6.45) is 6.01. The van der Waals surface area contributed by atoms with Gasteiger partial charge in [0.15, 0.2) is 0 Å². The molecule has 1 aliphatic rings. The number of aromatic amines is 1. The number of halogens is 1. The van der Waals surface area contributed by atoms with Gasteiger partial charge in [-0.05, 0) is 73.4 Å². The summed E-state index contributed by atoms with van der Waals surface area (Å²) in [7, 11) is 0. The van der Waals surface area contributed by atoms with Crippen molar-refractivity contribution >= 4 is 27.6 Å². The van der Waals surface area contributed by atoms with Gasteiger partial charge >= 0.3 is 0 Å². The monoisotopic (exact) mass is 418 g/mol. The van der Waals surface area contributed by atoms with E-state index in [4.69, 9.17) is 0 Å². The first kappa shape index (κ1) is 19.6. The summed E-state index contributed by atoms with van der Waals surface area (Å²) in [5.41, 5.74) is 3.54. The Labute approximate surface area is 178 Å². The van der Waals surface area contributed by atoms with Crippen LogP contribution in [-0.2, 0) is 0 Å². The summed E-state index contributed by atoms with van der Waals surface area (Å²) in [5.74, 6) is 1.77. The van der Waals surface area contributed by atoms with Gasteiger partial charge in [-0.2, -0.15) is 0 Å². The van der Waals surface area contributed by atoms with E-state index < -0.39 is 4.92 Å². The number of fused-ring (bicyclic) bond motifs is 2. The zero-order chi connectivity index (χ0) is 21.5. The number of nitro benzene ring substituents is 1. The number of benzene rings is 2. The molecule has 6 nitrogen and oxygen atoms in total. The molecule has 2 aromatic carbocycles. The molecule has 0 spiro atoms. The smallest absolute Gasteiger partial charge is 0.271 e. The number of nitrogens with one attached hydrogen (secondary N) is 1. The molecule has 0 amide bonds. The van der Waals surface area contributed by atoms with Gasteiger partial charge in [-0.1, -0.05) is 6.92 Å². The number of H-pyrrole nitrogens is 1. The summed E-state index contributed by atoms with van der Waals surface area (Å²) < 4.78 is 13.8. The number of hydrogen-bond acceptors (Lipinski definition) is 4. The van der Waals surface area contributed by atoms with Crippen molar-refractivity contribution in [2.24, 2.45) is 5.92 Å². The van der Waals surface area contributed by atoms with Crippen LogP contribution in [0.5, 0.6) is 0 Å². The van der Waals surface area contributed by atoms with Gasteiger partial charge in [0.2, 0.25) is 0 Å². The molecule has 31 heavy (non-hydrogen) atoms. The van der Waals surface area contributed by atoms with E-state index in [2.05, 4.69) is 21.9 Å². The largest absolute Gasteiger partial charge is 0.342 e. The number of non-ortho nitro benzene ring substituents is 1. The van der Waals surface area contributed by atoms with Gasteiger partial charge in [0.25, 0.3) is 5.69 Å². The van der Waals surface area contributed by atoms with Crippen molar-refractivity contribution in [3.05, 3.63) is 76.0 Å². The molecule has 1 aliphatic carbocycles. The maximum atomic E-state index is 13.8. The van der Waals surface area contributed by atoms with Crippen molar-refractivity contribution in [3.63, 3.8) is 0 Å². The molecule has 2 heterocycles. The van der Waals surface area contributed by atoms with Gasteiger partial charge in [-0.25, -0.2) is 9.37 Å². The number of nitrogens with zero attached hydrogens (tertiary/aromatic N) is 3. The first-order valence-corrected chi connectivity index (χ1v) is 10.7. The standard InChI is InChI=1S/C24H23FN4O2/c1-14(24-27-22-9-7-18(29(30)31)13-23(22)28-24)15-2-4-16(5-3-15)19-10-11-26-21-8-6-17(25)12-20(19)21/h6-16H,2-5H2,1H3,(H,27,28)/t14-,15?,16?/m0/s1. The van der Waals surface area contributed by atoms with Crippen LogP contribution in [-0.4, -0.2) is 19.9 Å². The van der Waals surface area contributed by atoms with Crippen LogP contribution in [0.1, 0.15) is 55.8 Å². The first-order chi connectivity index (χ1) is 15.0. The highest BCUT2D eigenvalue weighted by Crippen LogP contribution is 2.43. The number of aromatic nitrogens is 3. The molecule has 5 rings (SSSR count). The number of pyridine rings is 1. The van der Waals surface area contributed by atoms with E-state index in [1.807, 2.05) is 12.3 Å². The maximum Gasteiger partial charge on any atom is 0.271 e. The van der Waals surface area contributed by atoms with Crippen LogP contribution < -0.4 is 0 Å². The van der Waals surface area contributed by atoms with Crippen molar-refractivity contribution in [3.8, 4) is 0 Å². The Morgan fingerprint density at radius 1 is 1.10 bits per heavy atom. The number of hydrogen-bond donors (Lipinski definition) is 1. The Hall–Kier alpha value is -3.35. The number of imidazole rings is 1. The molecule has 0 radical (unpaired) electrons. The third-order valence-electron chi connectivity index (χ3n) is 6.78. The lowest BCUT2D eigenvalue weighted by Crippen LogP contribution is -2.19. The second-order valence-electron chi connectivity index (χ2n) is 8.54. The van der Waals surface area contributed by atoms with E-state index in [0.717, 1.165) is 47.9 Å². The number of nitro groups is 1. The van der Waals surface area contributed by atoms with Gasteiger partial charge in [0.1, 0.15) is 11.6 Å². The molecule has 1 N–H and O–H groups in total. The minimum Gasteiger partial charge on any atom is -0.342 e. The molecule has 0 aliphatic heterocycles. The van der Waals surface area contributed by atoms with Crippen molar-refractivity contribution in [1.82, 2.24) is 15.0 Å². The lowest BCUT2D eigenvalue weighted by Gasteiger charge is -2.32. The average Bonchev–Trinajstić information content (AvgIpc) is 3.21. The van der Waals surface area contributed by atoms with E-state index >= 15 is 0 Å². The zero-order valence-corrected chi connectivity index (χ0v) is 17.2. The molecule has 0 bridgehead atoms. The highest BCUT2D eigenvalue weighted by Gasteiger charge is 2.29. The normalized spacial score (nSPS) is 20.2. The Morgan fingerprint density at radius 2 is 1.90 bits per heavy atom. The van der Waals surface area contributed by atoms with Gasteiger partial charge in [0, 0.05) is 29.6 Å². The third kappa shape index (κ3) is 3.65. The fourth-order valence-corrected chi connectivity index (χ4v) is 4.99. The van der Waals surface area contributed by atoms with Crippen LogP contribution >= 0.6 is 0 Å². The summed E-state index contributed by atoms with van der Waals surface area (Å²) in [4.78, 5) is 23.0. The third-order valence-corrected chi connectivity index (χ3v) is 6.78. The Balaban J connectivity index is 1.33. The summed E-state index contributed by atoms with van der Waals surface area (Å²) in [6, 6.07) is 11.6. The van der Waals surface area contributed by atoms with E-state index in [0.29, 0.717) is 17.4 Å². The molecular weight excluding hydrogens is 395 g/mol. The maximum absolute atomic E-state index is 13.8. The van der Waals surface area contributed by atoms with Gasteiger partial charge in [-0.3, -0.25) is 15.1 Å². The van der Waals surface area contributed by atoms with Crippen LogP contribution in [0, 0.1) is 21.8 Å². The van der Waals surface area contributed by atoms with E-state index in [-0.39, 0.29) is 17.4 Å². The molecule has 7 heteroatoms. The lowest BCUT2D eigenvalue weighted by atomic mass is 9.73. The van der Waals surface area contributed by atoms with Crippen molar-refractivity contribution in [1.29, 1.82) is 0 Å². The van der Waals surface area contributed by atoms with E-state index in [1.165, 1.54) is 23.8 Å². The second kappa shape index (κ2) is 7.72. The molecule has 1 atom stereocenters. The summed E-state index contributed by atoms with van der Waals surface area (Å²) in [6.45, 7) is 2.17. The Bertz CT molecular complexity index is 1280. The van der Waals surface area contributed by atoms with Crippen molar-refractivity contribution in [2.75, 3.05) is 0 Å². The predicted octanol–water partition coefficient (Wildman–Crippen LogP) is 6.24. The average molecular weight is 418 g/mol. The quantitative estimate of drug-likeness (QED) is 0.314. The Kier molecular flexibility index (Phi) is 4.88. The van der Waals surface area contributed by atoms with Crippen molar-refractivity contribution < 1.29 is 9.31 Å². The molecular formula is C24H23FN4O2. The molecule has 0 unspecified atom stereocenters. The number of rotatable bonds is 4. The zero-order valence-electron chi connectivity index (χ0n) is 17.2. The van der Waals surface area contributed by atoms with Crippen LogP contribution in [0.3, 0.4) is 0 Å². The highest BCUT2D eigenvalue weighted by atomic mass is 19.1. The van der Waals surface area contributed by atoms with Crippen LogP contribution in [0.2, 0.25) is 0 Å². The Morgan fingerprint density at radius 3 is 2.68 bits per heavy atom. The lowest BCUT2D eigenvalue weighted by molar-refractivity contribution is -0.384. The predicted molar refractivity (Wildman–Crippen MR) is 118 cm³/mol. The molecule has 1 fully saturated rings. The van der Waals surface area contributed by atoms with Gasteiger partial charge in [-0.15, -0.1) is 0 Å². The van der Waals surface area contributed by atoms with E-state index in [9.17, 15) is 14.5 Å². The minimum atomic E-state index is -0.396. The fourth-order valence-electron chi connectivity index (χ4n) is 4.99. The minimum absolute atomic E-state index is 0.0553. The van der Waals surface area contributed by atoms with Crippen LogP contribution in [0.15, 0.2) is 48.7 Å². The molecule has 1 saturated carbocycles. The summed E-state index contributed by atoms with van der Waals surface area (Å²) in [5, 5.41) is 11.9. The van der Waals surface area contributed by atoms with Crippen molar-refractivity contribution in [2.45, 2.75) is 44.4 Å². The van der Waals surface area contributed by atoms with Crippen LogP contribution in [0.25, 0.3) is 21.9 Å². The second-order valence-corrected chi connectivity index (χ2v) is 8.54. The molecule has 2 aromatic heterocycles. The fraction of sp³-hybridized carbons (Fsp3) is 0.333. The van der Waals surface area contributed by atoms with E-state index in [1.54, 1.807) is 18.2 Å². The summed E-state index contributed by atoms with van der Waals surface area (Å²) >= 11 is 0. The highest BCUT2D eigenvalue weighted by molar-refractivity contribution is 5.82. The van der Waals surface area contributed by atoms with Gasteiger partial charge in [0.05, 0.1) is 21.5 Å².